The zero-order chi connectivity index (χ0) is 18.8. The smallest absolute Gasteiger partial charge is 0.272 e. The second-order valence-electron chi connectivity index (χ2n) is 7.18. The number of piperazine rings is 1. The van der Waals surface area contributed by atoms with E-state index in [1.54, 1.807) is 17.0 Å². The van der Waals surface area contributed by atoms with Crippen LogP contribution < -0.4 is 10.5 Å². The third kappa shape index (κ3) is 3.15. The molecule has 4 rings (SSSR count). The average Bonchev–Trinajstić information content (AvgIpc) is 3.15. The summed E-state index contributed by atoms with van der Waals surface area (Å²) in [5, 5.41) is 8.32. The standard InChI is InChI=1S/C18H24N4O2.C2H2/c1-21-9-16-15(21)10-22(16)18(23)17(20)13-8-12(6-7-14(13)19)24-11-4-2-3-5-11;1-2/h6-8,11,15-16,20H,2-5,9-10,19H2,1H3;1-2H. The Bertz CT molecular complexity index is 724. The number of carbonyl (C=O) groups excluding carboxylic acids is 1. The number of terminal acetylenes is 1. The Balaban J connectivity index is 0.000000948. The third-order valence-corrected chi connectivity index (χ3v) is 5.64. The van der Waals surface area contributed by atoms with E-state index in [-0.39, 0.29) is 23.8 Å². The largest absolute Gasteiger partial charge is 0.490 e. The average molecular weight is 354 g/mol. The number of nitrogens with one attached hydrogen (secondary N) is 1. The Morgan fingerprint density at radius 2 is 1.92 bits per heavy atom. The van der Waals surface area contributed by atoms with Gasteiger partial charge in [-0.1, -0.05) is 0 Å². The first-order valence-electron chi connectivity index (χ1n) is 9.04. The molecular weight excluding hydrogens is 328 g/mol. The fraction of sp³-hybridized carbons (Fsp3) is 0.500. The van der Waals surface area contributed by atoms with Crippen LogP contribution in [-0.2, 0) is 4.79 Å². The van der Waals surface area contributed by atoms with Crippen LogP contribution in [0.25, 0.3) is 0 Å². The van der Waals surface area contributed by atoms with Crippen molar-refractivity contribution in [2.75, 3.05) is 25.9 Å². The Morgan fingerprint density at radius 3 is 2.50 bits per heavy atom. The zero-order valence-electron chi connectivity index (χ0n) is 15.1. The molecule has 1 saturated carbocycles. The van der Waals surface area contributed by atoms with Crippen LogP contribution in [0.15, 0.2) is 18.2 Å². The van der Waals surface area contributed by atoms with E-state index >= 15 is 0 Å². The minimum Gasteiger partial charge on any atom is -0.490 e. The summed E-state index contributed by atoms with van der Waals surface area (Å²) in [6, 6.07) is 6.04. The maximum absolute atomic E-state index is 12.6. The summed E-state index contributed by atoms with van der Waals surface area (Å²) < 4.78 is 5.98. The first-order chi connectivity index (χ1) is 12.5. The lowest BCUT2D eigenvalue weighted by molar-refractivity contribution is -0.154. The normalized spacial score (nSPS) is 24.5. The second-order valence-corrected chi connectivity index (χ2v) is 7.18. The molecule has 138 valence electrons. The van der Waals surface area contributed by atoms with Crippen LogP contribution >= 0.6 is 0 Å². The van der Waals surface area contributed by atoms with E-state index in [1.807, 2.05) is 6.07 Å². The molecule has 1 aromatic carbocycles. The number of nitrogens with zero attached hydrogens (tertiary/aromatic N) is 2. The molecule has 2 aliphatic heterocycles. The highest BCUT2D eigenvalue weighted by Gasteiger charge is 2.52. The van der Waals surface area contributed by atoms with Gasteiger partial charge in [-0.15, -0.1) is 12.8 Å². The summed E-state index contributed by atoms with van der Waals surface area (Å²) in [6.07, 6.45) is 12.8. The quantitative estimate of drug-likeness (QED) is 0.490. The molecule has 1 aromatic rings. The van der Waals surface area contributed by atoms with Gasteiger partial charge in [-0.05, 0) is 50.9 Å². The first-order valence-corrected chi connectivity index (χ1v) is 9.04. The molecule has 6 heteroatoms. The molecule has 6 nitrogen and oxygen atoms in total. The number of ether oxygens (including phenoxy) is 1. The number of nitrogens with two attached hydrogens (primary N) is 1. The molecule has 2 atom stereocenters. The SMILES string of the molecule is C#C.CN1CC2C1CN2C(=O)C(=N)c1cc(OC2CCCC2)ccc1N. The summed E-state index contributed by atoms with van der Waals surface area (Å²) in [5.74, 6) is 0.475. The monoisotopic (exact) mass is 354 g/mol. The van der Waals surface area contributed by atoms with Gasteiger partial charge in [-0.3, -0.25) is 15.1 Å². The lowest BCUT2D eigenvalue weighted by Gasteiger charge is -2.60. The van der Waals surface area contributed by atoms with E-state index in [2.05, 4.69) is 24.8 Å². The van der Waals surface area contributed by atoms with Crippen LogP contribution in [0.3, 0.4) is 0 Å². The maximum atomic E-state index is 12.6. The van der Waals surface area contributed by atoms with Crippen molar-refractivity contribution in [2.45, 2.75) is 43.9 Å². The van der Waals surface area contributed by atoms with Crippen molar-refractivity contribution in [3.8, 4) is 18.6 Å². The number of anilines is 1. The van der Waals surface area contributed by atoms with E-state index in [0.717, 1.165) is 19.4 Å². The molecule has 0 bridgehead atoms. The van der Waals surface area contributed by atoms with E-state index < -0.39 is 0 Å². The van der Waals surface area contributed by atoms with Crippen molar-refractivity contribution in [2.24, 2.45) is 0 Å². The van der Waals surface area contributed by atoms with Gasteiger partial charge in [-0.25, -0.2) is 0 Å². The summed E-state index contributed by atoms with van der Waals surface area (Å²) in [5.41, 5.74) is 6.92. The van der Waals surface area contributed by atoms with E-state index in [1.165, 1.54) is 12.8 Å². The molecule has 1 aliphatic carbocycles. The Hall–Kier alpha value is -2.52. The van der Waals surface area contributed by atoms with E-state index in [9.17, 15) is 4.79 Å². The number of hydrogen-bond acceptors (Lipinski definition) is 5. The summed E-state index contributed by atoms with van der Waals surface area (Å²) >= 11 is 0. The predicted octanol–water partition coefficient (Wildman–Crippen LogP) is 1.73. The van der Waals surface area contributed by atoms with Gasteiger partial charge in [0, 0.05) is 30.4 Å². The number of nitrogen functional groups attached to an aromatic ring is 1. The van der Waals surface area contributed by atoms with Crippen LogP contribution in [0.5, 0.6) is 5.75 Å². The molecule has 0 radical (unpaired) electrons. The van der Waals surface area contributed by atoms with Crippen molar-refractivity contribution in [1.82, 2.24) is 9.80 Å². The number of benzene rings is 1. The molecule has 3 N–H and O–H groups in total. The lowest BCUT2D eigenvalue weighted by Crippen LogP contribution is -2.79. The number of fused-ring (bicyclic) bond motifs is 1. The van der Waals surface area contributed by atoms with Crippen LogP contribution in [0.2, 0.25) is 0 Å². The predicted molar refractivity (Wildman–Crippen MR) is 102 cm³/mol. The number of rotatable bonds is 4. The molecule has 2 unspecified atom stereocenters. The summed E-state index contributed by atoms with van der Waals surface area (Å²) in [6.45, 7) is 1.60. The molecule has 0 spiro atoms. The molecular formula is C20H26N4O2. The van der Waals surface area contributed by atoms with E-state index in [4.69, 9.17) is 15.9 Å². The molecule has 3 fully saturated rings. The van der Waals surface area contributed by atoms with Crippen molar-refractivity contribution >= 4 is 17.3 Å². The molecule has 3 aliphatic rings. The highest BCUT2D eigenvalue weighted by molar-refractivity contribution is 6.45. The fourth-order valence-corrected chi connectivity index (χ4v) is 3.99. The molecule has 26 heavy (non-hydrogen) atoms. The highest BCUT2D eigenvalue weighted by atomic mass is 16.5. The number of likely N-dealkylation sites (tertiary alicyclic amines) is 2. The van der Waals surface area contributed by atoms with Crippen LogP contribution in [-0.4, -0.2) is 59.7 Å². The topological polar surface area (TPSA) is 82.7 Å². The highest BCUT2D eigenvalue weighted by Crippen LogP contribution is 2.33. The van der Waals surface area contributed by atoms with Gasteiger partial charge in [0.25, 0.3) is 5.91 Å². The minimum atomic E-state index is -0.228. The molecule has 1 amide bonds. The summed E-state index contributed by atoms with van der Waals surface area (Å²) in [7, 11) is 2.07. The van der Waals surface area contributed by atoms with E-state index in [0.29, 0.717) is 29.6 Å². The second kappa shape index (κ2) is 7.38. The van der Waals surface area contributed by atoms with Gasteiger partial charge in [0.15, 0.2) is 0 Å². The van der Waals surface area contributed by atoms with Crippen molar-refractivity contribution in [1.29, 1.82) is 5.41 Å². The first kappa shape index (κ1) is 18.3. The number of amides is 1. The van der Waals surface area contributed by atoms with Crippen molar-refractivity contribution in [3.05, 3.63) is 23.8 Å². The third-order valence-electron chi connectivity index (χ3n) is 5.64. The lowest BCUT2D eigenvalue weighted by atomic mass is 9.85. The van der Waals surface area contributed by atoms with Crippen LogP contribution in [0, 0.1) is 18.3 Å². The van der Waals surface area contributed by atoms with Gasteiger partial charge in [-0.2, -0.15) is 0 Å². The minimum absolute atomic E-state index is 0.0302. The zero-order valence-corrected chi connectivity index (χ0v) is 15.1. The number of hydrogen-bond donors (Lipinski definition) is 2. The van der Waals surface area contributed by atoms with Gasteiger partial charge >= 0.3 is 0 Å². The number of likely N-dealkylation sites (N-methyl/N-ethyl adjacent to an activating group) is 1. The van der Waals surface area contributed by atoms with Gasteiger partial charge in [0.05, 0.1) is 12.1 Å². The molecule has 0 aromatic heterocycles. The van der Waals surface area contributed by atoms with Gasteiger partial charge < -0.3 is 15.4 Å². The maximum Gasteiger partial charge on any atom is 0.272 e. The van der Waals surface area contributed by atoms with Gasteiger partial charge in [0.1, 0.15) is 11.5 Å². The fourth-order valence-electron chi connectivity index (χ4n) is 3.99. The van der Waals surface area contributed by atoms with Crippen LogP contribution in [0.1, 0.15) is 31.2 Å². The Kier molecular flexibility index (Phi) is 5.19. The Labute approximate surface area is 154 Å². The molecule has 2 heterocycles. The van der Waals surface area contributed by atoms with Crippen molar-refractivity contribution in [3.63, 3.8) is 0 Å². The number of carbonyl (C=O) groups is 1. The van der Waals surface area contributed by atoms with Gasteiger partial charge in [0.2, 0.25) is 0 Å². The van der Waals surface area contributed by atoms with Crippen molar-refractivity contribution < 1.29 is 9.53 Å². The molecule has 2 saturated heterocycles. The Morgan fingerprint density at radius 1 is 1.23 bits per heavy atom. The van der Waals surface area contributed by atoms with Crippen LogP contribution in [0.4, 0.5) is 5.69 Å². The summed E-state index contributed by atoms with van der Waals surface area (Å²) in [4.78, 5) is 16.6.